The smallest absolute Gasteiger partial charge is 0.416 e. The Hall–Kier alpha value is -3.10. The predicted molar refractivity (Wildman–Crippen MR) is 87.8 cm³/mol. The number of nitrogens with one attached hydrogen (secondary N) is 1. The van der Waals surface area contributed by atoms with E-state index in [0.717, 1.165) is 12.2 Å². The van der Waals surface area contributed by atoms with Crippen molar-refractivity contribution >= 4 is 22.7 Å². The fourth-order valence-electron chi connectivity index (χ4n) is 3.42. The zero-order valence-corrected chi connectivity index (χ0v) is 13.4. The first-order chi connectivity index (χ1) is 12.3. The number of fused-ring (bicyclic) bond motifs is 2. The molecule has 26 heavy (non-hydrogen) atoms. The van der Waals surface area contributed by atoms with Gasteiger partial charge < -0.3 is 10.1 Å². The van der Waals surface area contributed by atoms with Gasteiger partial charge in [-0.05, 0) is 24.3 Å². The topological polar surface area (TPSA) is 81.6 Å². The van der Waals surface area contributed by atoms with E-state index >= 15 is 0 Å². The largest absolute Gasteiger partial charge is 0.478 e. The number of hydrogen-bond acceptors (Lipinski definition) is 4. The minimum atomic E-state index is -4.44. The molecular formula is C17H13F3N4O2. The average molecular weight is 362 g/mol. The lowest BCUT2D eigenvalue weighted by molar-refractivity contribution is -0.0887. The lowest BCUT2D eigenvalue weighted by Gasteiger charge is -2.24. The number of H-pyrrole nitrogens is 1. The summed E-state index contributed by atoms with van der Waals surface area (Å²) in [7, 11) is 1.67. The molecule has 0 aromatic carbocycles. The number of allylic oxidation sites excluding steroid dienone is 3. The van der Waals surface area contributed by atoms with Gasteiger partial charge in [-0.3, -0.25) is 9.99 Å². The number of nitrogens with zero attached hydrogens (tertiary/aromatic N) is 3. The summed E-state index contributed by atoms with van der Waals surface area (Å²) in [6.45, 7) is 0. The molecule has 0 amide bonds. The molecule has 2 aliphatic rings. The number of hydrogen-bond donors (Lipinski definition) is 2. The Labute approximate surface area is 145 Å². The number of carbonyl (C=O) groups is 1. The highest BCUT2D eigenvalue weighted by Gasteiger charge is 2.41. The third-order valence-electron chi connectivity index (χ3n) is 4.57. The Kier molecular flexibility index (Phi) is 3.43. The van der Waals surface area contributed by atoms with Crippen LogP contribution in [0.1, 0.15) is 22.1 Å². The molecule has 0 spiro atoms. The Morgan fingerprint density at radius 3 is 2.81 bits per heavy atom. The number of aromatic amines is 1. The summed E-state index contributed by atoms with van der Waals surface area (Å²) in [6.07, 6.45) is 0.486. The fraction of sp³-hybridized carbons (Fsp3) is 0.235. The van der Waals surface area contributed by atoms with Crippen molar-refractivity contribution in [1.29, 1.82) is 0 Å². The van der Waals surface area contributed by atoms with Crippen molar-refractivity contribution in [1.82, 2.24) is 15.0 Å². The quantitative estimate of drug-likeness (QED) is 0.859. The van der Waals surface area contributed by atoms with Crippen molar-refractivity contribution in [2.24, 2.45) is 11.0 Å². The molecule has 0 fully saturated rings. The Morgan fingerprint density at radius 1 is 1.35 bits per heavy atom. The van der Waals surface area contributed by atoms with Gasteiger partial charge in [0.1, 0.15) is 0 Å². The van der Waals surface area contributed by atoms with E-state index in [2.05, 4.69) is 15.1 Å². The molecule has 2 unspecified atom stereocenters. The number of alkyl halides is 3. The summed E-state index contributed by atoms with van der Waals surface area (Å²) in [4.78, 5) is 18.5. The first-order valence-corrected chi connectivity index (χ1v) is 7.75. The molecular weight excluding hydrogens is 349 g/mol. The van der Waals surface area contributed by atoms with Crippen LogP contribution < -0.4 is 0 Å². The van der Waals surface area contributed by atoms with Gasteiger partial charge in [-0.25, -0.2) is 4.79 Å². The van der Waals surface area contributed by atoms with E-state index in [4.69, 9.17) is 0 Å². The SMILES string of the molecule is CN1N=C2C=CC(C(F)(F)F)=CC2C1c1cc2nccc(C(=O)O)c2[nH]1. The van der Waals surface area contributed by atoms with E-state index in [9.17, 15) is 23.1 Å². The lowest BCUT2D eigenvalue weighted by Crippen LogP contribution is -2.25. The van der Waals surface area contributed by atoms with Gasteiger partial charge in [-0.2, -0.15) is 18.3 Å². The number of pyridine rings is 1. The van der Waals surface area contributed by atoms with Gasteiger partial charge in [0.15, 0.2) is 0 Å². The minimum absolute atomic E-state index is 0.0538. The van der Waals surface area contributed by atoms with Crippen molar-refractivity contribution in [2.45, 2.75) is 12.2 Å². The summed E-state index contributed by atoms with van der Waals surface area (Å²) in [5, 5.41) is 15.2. The van der Waals surface area contributed by atoms with Crippen LogP contribution in [0.3, 0.4) is 0 Å². The van der Waals surface area contributed by atoms with Crippen LogP contribution in [0.2, 0.25) is 0 Å². The van der Waals surface area contributed by atoms with Crippen molar-refractivity contribution in [2.75, 3.05) is 7.05 Å². The molecule has 9 heteroatoms. The van der Waals surface area contributed by atoms with E-state index in [1.54, 1.807) is 18.1 Å². The van der Waals surface area contributed by atoms with Gasteiger partial charge in [0, 0.05) is 24.9 Å². The predicted octanol–water partition coefficient (Wildman–Crippen LogP) is 3.28. The van der Waals surface area contributed by atoms with E-state index in [1.807, 2.05) is 0 Å². The summed E-state index contributed by atoms with van der Waals surface area (Å²) in [5.41, 5.74) is 1.19. The molecule has 2 atom stereocenters. The second-order valence-electron chi connectivity index (χ2n) is 6.17. The minimum Gasteiger partial charge on any atom is -0.478 e. The molecule has 0 saturated heterocycles. The lowest BCUT2D eigenvalue weighted by atomic mass is 9.87. The highest BCUT2D eigenvalue weighted by molar-refractivity contribution is 6.02. The maximum Gasteiger partial charge on any atom is 0.416 e. The molecule has 0 bridgehead atoms. The van der Waals surface area contributed by atoms with E-state index in [1.165, 1.54) is 18.3 Å². The maximum atomic E-state index is 13.1. The van der Waals surface area contributed by atoms with Gasteiger partial charge in [-0.15, -0.1) is 0 Å². The first-order valence-electron chi connectivity index (χ1n) is 7.75. The van der Waals surface area contributed by atoms with E-state index in [0.29, 0.717) is 22.4 Å². The molecule has 4 rings (SSSR count). The van der Waals surface area contributed by atoms with Crippen LogP contribution in [0.4, 0.5) is 13.2 Å². The number of hydrazone groups is 1. The molecule has 1 aliphatic heterocycles. The van der Waals surface area contributed by atoms with Crippen LogP contribution >= 0.6 is 0 Å². The van der Waals surface area contributed by atoms with Crippen LogP contribution in [0.15, 0.2) is 47.2 Å². The normalized spacial score (nSPS) is 22.4. The molecule has 3 heterocycles. The van der Waals surface area contributed by atoms with Crippen LogP contribution in [0.25, 0.3) is 11.0 Å². The summed E-state index contributed by atoms with van der Waals surface area (Å²) >= 11 is 0. The number of halogens is 3. The van der Waals surface area contributed by atoms with Crippen LogP contribution in [-0.4, -0.2) is 45.0 Å². The van der Waals surface area contributed by atoms with Gasteiger partial charge >= 0.3 is 12.1 Å². The van der Waals surface area contributed by atoms with Crippen molar-refractivity contribution < 1.29 is 23.1 Å². The molecule has 1 aliphatic carbocycles. The zero-order valence-electron chi connectivity index (χ0n) is 13.4. The second kappa shape index (κ2) is 5.45. The Morgan fingerprint density at radius 2 is 2.12 bits per heavy atom. The second-order valence-corrected chi connectivity index (χ2v) is 6.17. The zero-order chi connectivity index (χ0) is 18.6. The van der Waals surface area contributed by atoms with Gasteiger partial charge in [0.25, 0.3) is 0 Å². The molecule has 2 N–H and O–H groups in total. The van der Waals surface area contributed by atoms with Crippen LogP contribution in [0.5, 0.6) is 0 Å². The molecule has 6 nitrogen and oxygen atoms in total. The molecule has 0 saturated carbocycles. The van der Waals surface area contributed by atoms with Gasteiger partial charge in [0.05, 0.1) is 33.9 Å². The molecule has 2 aromatic heterocycles. The third-order valence-corrected chi connectivity index (χ3v) is 4.57. The molecule has 134 valence electrons. The summed E-state index contributed by atoms with van der Waals surface area (Å²) in [6, 6.07) is 2.51. The fourth-order valence-corrected chi connectivity index (χ4v) is 3.42. The Bertz CT molecular complexity index is 1000. The van der Waals surface area contributed by atoms with Crippen molar-refractivity contribution in [3.05, 3.63) is 53.4 Å². The number of carboxylic acids is 1. The van der Waals surface area contributed by atoms with E-state index < -0.39 is 29.7 Å². The van der Waals surface area contributed by atoms with Crippen molar-refractivity contribution in [3.63, 3.8) is 0 Å². The number of aromatic nitrogens is 2. The number of aromatic carboxylic acids is 1. The third kappa shape index (κ3) is 2.47. The summed E-state index contributed by atoms with van der Waals surface area (Å²) < 4.78 is 39.2. The standard InChI is InChI=1S/C17H13F3N4O2/c1-24-15(10-6-8(17(18,19)20)2-3-11(10)23-24)13-7-12-14(22-13)9(16(25)26)4-5-21-12/h2-7,10,15,22H,1H3,(H,25,26). The summed E-state index contributed by atoms with van der Waals surface area (Å²) in [5.74, 6) is -1.70. The highest BCUT2D eigenvalue weighted by Crippen LogP contribution is 2.41. The van der Waals surface area contributed by atoms with Crippen LogP contribution in [-0.2, 0) is 0 Å². The van der Waals surface area contributed by atoms with E-state index in [-0.39, 0.29) is 5.56 Å². The van der Waals surface area contributed by atoms with Crippen molar-refractivity contribution in [3.8, 4) is 0 Å². The number of rotatable bonds is 2. The van der Waals surface area contributed by atoms with Gasteiger partial charge in [0.2, 0.25) is 0 Å². The Balaban J connectivity index is 1.80. The monoisotopic (exact) mass is 362 g/mol. The molecule has 2 aromatic rings. The van der Waals surface area contributed by atoms with Gasteiger partial charge in [-0.1, -0.05) is 6.08 Å². The molecule has 0 radical (unpaired) electrons. The highest BCUT2D eigenvalue weighted by atomic mass is 19.4. The van der Waals surface area contributed by atoms with Crippen LogP contribution in [0, 0.1) is 5.92 Å². The average Bonchev–Trinajstić information content (AvgIpc) is 3.11. The number of carboxylic acid groups (broad SMARTS) is 1. The first kappa shape index (κ1) is 16.4. The maximum absolute atomic E-state index is 13.1.